The van der Waals surface area contributed by atoms with E-state index in [0.717, 1.165) is 30.7 Å². The Balaban J connectivity index is 2.17. The molecular weight excluding hydrogens is 282 g/mol. The van der Waals surface area contributed by atoms with Gasteiger partial charge in [-0.2, -0.15) is 0 Å². The molecule has 1 aromatic carbocycles. The predicted molar refractivity (Wildman–Crippen MR) is 85.2 cm³/mol. The van der Waals surface area contributed by atoms with Gasteiger partial charge in [-0.25, -0.2) is 0 Å². The van der Waals surface area contributed by atoms with Crippen LogP contribution in [0.4, 0.5) is 5.69 Å². The van der Waals surface area contributed by atoms with E-state index in [1.165, 1.54) is 0 Å². The number of hydrogen-bond acceptors (Lipinski definition) is 5. The number of nitrogens with one attached hydrogen (secondary N) is 1. The number of hydrogen-bond donors (Lipinski definition) is 1. The second-order valence-corrected chi connectivity index (χ2v) is 5.56. The lowest BCUT2D eigenvalue weighted by Crippen LogP contribution is -2.46. The van der Waals surface area contributed by atoms with Crippen LogP contribution in [0.25, 0.3) is 0 Å². The number of anilines is 1. The zero-order valence-corrected chi connectivity index (χ0v) is 13.5. The molecule has 2 unspecified atom stereocenters. The molecule has 1 fully saturated rings. The van der Waals surface area contributed by atoms with Gasteiger partial charge in [-0.3, -0.25) is 4.79 Å². The van der Waals surface area contributed by atoms with Crippen LogP contribution >= 0.6 is 0 Å². The van der Waals surface area contributed by atoms with E-state index in [2.05, 4.69) is 5.32 Å². The second-order valence-electron chi connectivity index (χ2n) is 5.56. The van der Waals surface area contributed by atoms with E-state index < -0.39 is 6.29 Å². The number of ether oxygens (including phenoxy) is 3. The van der Waals surface area contributed by atoms with Gasteiger partial charge in [-0.1, -0.05) is 6.42 Å². The topological polar surface area (TPSA) is 56.8 Å². The quantitative estimate of drug-likeness (QED) is 0.785. The SMILES string of the molecule is COc1ccc(NC(C(OC)OC)C2CCCCC2=O)cc1. The van der Waals surface area contributed by atoms with E-state index in [9.17, 15) is 4.79 Å². The maximum absolute atomic E-state index is 12.3. The van der Waals surface area contributed by atoms with Crippen molar-refractivity contribution in [2.45, 2.75) is 38.0 Å². The monoisotopic (exact) mass is 307 g/mol. The smallest absolute Gasteiger partial charge is 0.177 e. The minimum atomic E-state index is -0.464. The summed E-state index contributed by atoms with van der Waals surface area (Å²) in [5.74, 6) is 1.00. The van der Waals surface area contributed by atoms with Crippen molar-refractivity contribution >= 4 is 11.5 Å². The molecule has 1 aromatic rings. The van der Waals surface area contributed by atoms with Crippen molar-refractivity contribution in [3.63, 3.8) is 0 Å². The Morgan fingerprint density at radius 3 is 2.32 bits per heavy atom. The van der Waals surface area contributed by atoms with Gasteiger partial charge >= 0.3 is 0 Å². The average molecular weight is 307 g/mol. The van der Waals surface area contributed by atoms with Crippen molar-refractivity contribution in [2.75, 3.05) is 26.6 Å². The molecule has 1 N–H and O–H groups in total. The van der Waals surface area contributed by atoms with E-state index in [4.69, 9.17) is 14.2 Å². The molecule has 0 heterocycles. The zero-order valence-electron chi connectivity index (χ0n) is 13.5. The minimum absolute atomic E-state index is 0.0826. The number of rotatable bonds is 7. The number of benzene rings is 1. The Hall–Kier alpha value is -1.59. The Kier molecular flexibility index (Phi) is 6.21. The van der Waals surface area contributed by atoms with E-state index in [-0.39, 0.29) is 17.7 Å². The lowest BCUT2D eigenvalue weighted by atomic mass is 9.82. The van der Waals surface area contributed by atoms with Crippen LogP contribution in [0.1, 0.15) is 25.7 Å². The summed E-state index contributed by atoms with van der Waals surface area (Å²) < 4.78 is 16.0. The molecule has 5 nitrogen and oxygen atoms in total. The molecule has 0 saturated heterocycles. The molecule has 1 aliphatic rings. The zero-order chi connectivity index (χ0) is 15.9. The van der Waals surface area contributed by atoms with Crippen LogP contribution in [0.3, 0.4) is 0 Å². The third-order valence-corrected chi connectivity index (χ3v) is 4.22. The molecule has 0 bridgehead atoms. The first-order valence-corrected chi connectivity index (χ1v) is 7.68. The summed E-state index contributed by atoms with van der Waals surface area (Å²) >= 11 is 0. The van der Waals surface area contributed by atoms with Gasteiger partial charge in [-0.05, 0) is 37.1 Å². The fourth-order valence-corrected chi connectivity index (χ4v) is 3.02. The predicted octanol–water partition coefficient (Wildman–Crippen LogP) is 2.85. The first-order valence-electron chi connectivity index (χ1n) is 7.68. The molecular formula is C17H25NO4. The van der Waals surface area contributed by atoms with Crippen molar-refractivity contribution in [3.05, 3.63) is 24.3 Å². The van der Waals surface area contributed by atoms with Gasteiger partial charge in [0.2, 0.25) is 0 Å². The Morgan fingerprint density at radius 1 is 1.09 bits per heavy atom. The Bertz CT molecular complexity index is 470. The van der Waals surface area contributed by atoms with Crippen LogP contribution < -0.4 is 10.1 Å². The van der Waals surface area contributed by atoms with Gasteiger partial charge in [0, 0.05) is 32.2 Å². The van der Waals surface area contributed by atoms with Crippen LogP contribution in [0.2, 0.25) is 0 Å². The molecule has 2 atom stereocenters. The molecule has 1 saturated carbocycles. The maximum atomic E-state index is 12.3. The number of ketones is 1. The largest absolute Gasteiger partial charge is 0.497 e. The van der Waals surface area contributed by atoms with Crippen LogP contribution in [0.15, 0.2) is 24.3 Å². The number of carbonyl (C=O) groups is 1. The standard InChI is InChI=1S/C17H25NO4/c1-20-13-10-8-12(9-11-13)18-16(17(21-2)22-3)14-6-4-5-7-15(14)19/h8-11,14,16-18H,4-7H2,1-3H3. The van der Waals surface area contributed by atoms with Crippen molar-refractivity contribution in [1.29, 1.82) is 0 Å². The van der Waals surface area contributed by atoms with Gasteiger partial charge in [0.1, 0.15) is 11.5 Å². The molecule has 122 valence electrons. The average Bonchev–Trinajstić information content (AvgIpc) is 2.56. The van der Waals surface area contributed by atoms with Crippen molar-refractivity contribution < 1.29 is 19.0 Å². The molecule has 0 spiro atoms. The summed E-state index contributed by atoms with van der Waals surface area (Å²) in [6.07, 6.45) is 3.10. The highest BCUT2D eigenvalue weighted by Crippen LogP contribution is 2.29. The summed E-state index contributed by atoms with van der Waals surface area (Å²) in [6, 6.07) is 7.44. The maximum Gasteiger partial charge on any atom is 0.177 e. The fraction of sp³-hybridized carbons (Fsp3) is 0.588. The lowest BCUT2D eigenvalue weighted by Gasteiger charge is -2.34. The Labute approximate surface area is 131 Å². The summed E-state index contributed by atoms with van der Waals surface area (Å²) in [6.45, 7) is 0. The lowest BCUT2D eigenvalue weighted by molar-refractivity contribution is -0.140. The van der Waals surface area contributed by atoms with Crippen molar-refractivity contribution in [3.8, 4) is 5.75 Å². The highest BCUT2D eigenvalue weighted by molar-refractivity contribution is 5.82. The number of Topliss-reactive ketones (excluding diaryl/α,β-unsaturated/α-hetero) is 1. The Morgan fingerprint density at radius 2 is 1.77 bits per heavy atom. The first kappa shape index (κ1) is 16.8. The summed E-state index contributed by atoms with van der Waals surface area (Å²) in [4.78, 5) is 12.3. The van der Waals surface area contributed by atoms with E-state index in [0.29, 0.717) is 6.42 Å². The highest BCUT2D eigenvalue weighted by Gasteiger charge is 2.35. The van der Waals surface area contributed by atoms with Gasteiger partial charge < -0.3 is 19.5 Å². The van der Waals surface area contributed by atoms with Crippen LogP contribution in [-0.4, -0.2) is 39.4 Å². The summed E-state index contributed by atoms with van der Waals surface area (Å²) in [5.41, 5.74) is 0.920. The van der Waals surface area contributed by atoms with Crippen LogP contribution in [0.5, 0.6) is 5.75 Å². The summed E-state index contributed by atoms with van der Waals surface area (Å²) in [7, 11) is 4.84. The van der Waals surface area contributed by atoms with Crippen LogP contribution in [-0.2, 0) is 14.3 Å². The number of carbonyl (C=O) groups excluding carboxylic acids is 1. The van der Waals surface area contributed by atoms with Gasteiger partial charge in [-0.15, -0.1) is 0 Å². The second kappa shape index (κ2) is 8.15. The molecule has 2 rings (SSSR count). The van der Waals surface area contributed by atoms with E-state index in [1.807, 2.05) is 24.3 Å². The van der Waals surface area contributed by atoms with Crippen molar-refractivity contribution in [1.82, 2.24) is 0 Å². The fourth-order valence-electron chi connectivity index (χ4n) is 3.02. The molecule has 1 aliphatic carbocycles. The van der Waals surface area contributed by atoms with Gasteiger partial charge in [0.25, 0.3) is 0 Å². The molecule has 0 aromatic heterocycles. The van der Waals surface area contributed by atoms with Gasteiger partial charge in [0.15, 0.2) is 6.29 Å². The third-order valence-electron chi connectivity index (χ3n) is 4.22. The van der Waals surface area contributed by atoms with E-state index in [1.54, 1.807) is 21.3 Å². The number of methoxy groups -OCH3 is 3. The molecule has 0 aliphatic heterocycles. The highest BCUT2D eigenvalue weighted by atomic mass is 16.7. The van der Waals surface area contributed by atoms with Crippen molar-refractivity contribution in [2.24, 2.45) is 5.92 Å². The molecule has 0 amide bonds. The molecule has 22 heavy (non-hydrogen) atoms. The third kappa shape index (κ3) is 3.99. The first-order chi connectivity index (χ1) is 10.7. The molecule has 5 heteroatoms. The van der Waals surface area contributed by atoms with Crippen LogP contribution in [0, 0.1) is 5.92 Å². The van der Waals surface area contributed by atoms with Gasteiger partial charge in [0.05, 0.1) is 13.2 Å². The molecule has 0 radical (unpaired) electrons. The minimum Gasteiger partial charge on any atom is -0.497 e. The van der Waals surface area contributed by atoms with E-state index >= 15 is 0 Å². The normalized spacial score (nSPS) is 20.0. The summed E-state index contributed by atoms with van der Waals surface area (Å²) in [5, 5.41) is 3.41.